The van der Waals surface area contributed by atoms with Crippen LogP contribution in [-0.4, -0.2) is 66.3 Å². The number of methoxy groups -OCH3 is 1. The van der Waals surface area contributed by atoms with Gasteiger partial charge in [0.1, 0.15) is 23.3 Å². The van der Waals surface area contributed by atoms with Crippen molar-refractivity contribution in [3.05, 3.63) is 47.4 Å². The van der Waals surface area contributed by atoms with E-state index in [1.54, 1.807) is 31.6 Å². The highest BCUT2D eigenvalue weighted by atomic mass is 32.2. The van der Waals surface area contributed by atoms with Gasteiger partial charge >= 0.3 is 5.97 Å². The van der Waals surface area contributed by atoms with Gasteiger partial charge in [0.2, 0.25) is 5.88 Å². The summed E-state index contributed by atoms with van der Waals surface area (Å²) in [7, 11) is -1.52. The number of hydrogen-bond donors (Lipinski definition) is 2. The number of nitrogens with one attached hydrogen (secondary N) is 1. The molecule has 5 rings (SSSR count). The molecular formula is C28H35N5O6S. The van der Waals surface area contributed by atoms with Gasteiger partial charge in [-0.25, -0.2) is 28.2 Å². The standard InChI is InChI=1S/C28H35N5O6S/c1-15-24-18(26(34)39-27(15,2)3)7-8-22(33-24)32-23-11-19-20(12-30-23)25(31-13-21(19)28(4,29)14-37-5)38-16-9-17(10-16)40(6,35)36/h7-8,11-13,15-17H,9-10,14,29H2,1-6H3,(H,30,32,33)/t15-,16?,17?,28?/m1/s1. The molecule has 0 spiro atoms. The van der Waals surface area contributed by atoms with Crippen LogP contribution in [0.25, 0.3) is 10.8 Å². The third-order valence-electron chi connectivity index (χ3n) is 7.94. The first-order valence-electron chi connectivity index (χ1n) is 13.1. The number of rotatable bonds is 8. The van der Waals surface area contributed by atoms with Gasteiger partial charge in [-0.15, -0.1) is 0 Å². The number of nitrogens with zero attached hydrogens (tertiary/aromatic N) is 3. The molecule has 0 radical (unpaired) electrons. The Hall–Kier alpha value is -3.35. The zero-order valence-corrected chi connectivity index (χ0v) is 24.3. The Morgan fingerprint density at radius 2 is 1.90 bits per heavy atom. The number of fused-ring (bicyclic) bond motifs is 2. The lowest BCUT2D eigenvalue weighted by atomic mass is 9.84. The highest BCUT2D eigenvalue weighted by Gasteiger charge is 2.40. The van der Waals surface area contributed by atoms with Gasteiger partial charge in [-0.3, -0.25) is 0 Å². The number of hydrogen-bond acceptors (Lipinski definition) is 11. The minimum absolute atomic E-state index is 0.107. The summed E-state index contributed by atoms with van der Waals surface area (Å²) in [5.41, 5.74) is 6.95. The van der Waals surface area contributed by atoms with Gasteiger partial charge in [-0.2, -0.15) is 0 Å². The van der Waals surface area contributed by atoms with Crippen molar-refractivity contribution in [1.29, 1.82) is 0 Å². The summed E-state index contributed by atoms with van der Waals surface area (Å²) in [6.07, 6.45) is 5.15. The summed E-state index contributed by atoms with van der Waals surface area (Å²) in [6, 6.07) is 5.27. The zero-order valence-electron chi connectivity index (χ0n) is 23.5. The SMILES string of the molecule is COCC(C)(N)c1cnc(OC2CC(S(C)(=O)=O)C2)c2cnc(Nc3ccc4c(n3)[C@@H](C)C(C)(C)OC4=O)cc12. The Bertz CT molecular complexity index is 1580. The normalized spacial score (nSPS) is 23.5. The van der Waals surface area contributed by atoms with E-state index in [1.165, 1.54) is 6.26 Å². The van der Waals surface area contributed by atoms with Crippen molar-refractivity contribution in [3.63, 3.8) is 0 Å². The molecule has 0 aromatic carbocycles. The summed E-state index contributed by atoms with van der Waals surface area (Å²) in [6.45, 7) is 7.83. The van der Waals surface area contributed by atoms with Crippen LogP contribution in [0.4, 0.5) is 11.6 Å². The zero-order chi connectivity index (χ0) is 29.0. The fourth-order valence-corrected chi connectivity index (χ4v) is 6.25. The lowest BCUT2D eigenvalue weighted by Crippen LogP contribution is -2.42. The Kier molecular flexibility index (Phi) is 7.00. The lowest BCUT2D eigenvalue weighted by molar-refractivity contribution is -0.0189. The van der Waals surface area contributed by atoms with Crippen LogP contribution in [0.15, 0.2) is 30.6 Å². The van der Waals surface area contributed by atoms with Crippen LogP contribution in [0.3, 0.4) is 0 Å². The molecule has 1 aliphatic heterocycles. The number of nitrogens with two attached hydrogens (primary N) is 1. The van der Waals surface area contributed by atoms with Gasteiger partial charge in [-0.05, 0) is 44.4 Å². The highest BCUT2D eigenvalue weighted by molar-refractivity contribution is 7.91. The molecule has 3 aromatic rings. The van der Waals surface area contributed by atoms with Gasteiger partial charge < -0.3 is 25.3 Å². The van der Waals surface area contributed by atoms with Crippen LogP contribution in [0.2, 0.25) is 0 Å². The maximum atomic E-state index is 12.5. The first kappa shape index (κ1) is 28.2. The molecule has 3 N–H and O–H groups in total. The maximum Gasteiger partial charge on any atom is 0.340 e. The third-order valence-corrected chi connectivity index (χ3v) is 9.54. The molecule has 1 fully saturated rings. The van der Waals surface area contributed by atoms with E-state index in [-0.39, 0.29) is 24.6 Å². The summed E-state index contributed by atoms with van der Waals surface area (Å²) in [5, 5.41) is 4.26. The Labute approximate surface area is 233 Å². The molecule has 1 aliphatic carbocycles. The first-order valence-corrected chi connectivity index (χ1v) is 15.1. The summed E-state index contributed by atoms with van der Waals surface area (Å²) < 4.78 is 40.7. The monoisotopic (exact) mass is 569 g/mol. The van der Waals surface area contributed by atoms with Gasteiger partial charge in [0, 0.05) is 50.1 Å². The molecule has 2 aliphatic rings. The molecule has 4 heterocycles. The fraction of sp³-hybridized carbons (Fsp3) is 0.500. The molecule has 11 nitrogen and oxygen atoms in total. The van der Waals surface area contributed by atoms with E-state index in [0.717, 1.165) is 10.9 Å². The number of esters is 1. The highest BCUT2D eigenvalue weighted by Crippen LogP contribution is 2.39. The maximum absolute atomic E-state index is 12.5. The minimum atomic E-state index is -3.10. The van der Waals surface area contributed by atoms with E-state index in [2.05, 4.69) is 15.3 Å². The van der Waals surface area contributed by atoms with Crippen molar-refractivity contribution < 1.29 is 27.4 Å². The summed E-state index contributed by atoms with van der Waals surface area (Å²) in [5.74, 6) is 0.913. The van der Waals surface area contributed by atoms with E-state index in [9.17, 15) is 13.2 Å². The number of pyridine rings is 3. The number of carbonyl (C=O) groups is 1. The second-order valence-corrected chi connectivity index (χ2v) is 13.9. The predicted molar refractivity (Wildman–Crippen MR) is 151 cm³/mol. The van der Waals surface area contributed by atoms with E-state index >= 15 is 0 Å². The van der Waals surface area contributed by atoms with Crippen LogP contribution in [0, 0.1) is 0 Å². The molecule has 0 saturated heterocycles. The number of ether oxygens (including phenoxy) is 3. The van der Waals surface area contributed by atoms with Crippen molar-refractivity contribution in [2.45, 2.75) is 68.9 Å². The van der Waals surface area contributed by atoms with Crippen molar-refractivity contribution in [2.24, 2.45) is 5.73 Å². The molecule has 1 unspecified atom stereocenters. The second kappa shape index (κ2) is 9.93. The number of aromatic nitrogens is 3. The van der Waals surface area contributed by atoms with Gasteiger partial charge in [0.15, 0.2) is 9.84 Å². The van der Waals surface area contributed by atoms with Crippen molar-refractivity contribution >= 4 is 38.2 Å². The average Bonchev–Trinajstić information content (AvgIpc) is 2.83. The van der Waals surface area contributed by atoms with E-state index in [4.69, 9.17) is 24.9 Å². The van der Waals surface area contributed by atoms with Crippen LogP contribution >= 0.6 is 0 Å². The smallest absolute Gasteiger partial charge is 0.340 e. The van der Waals surface area contributed by atoms with Crippen molar-refractivity contribution in [3.8, 4) is 5.88 Å². The largest absolute Gasteiger partial charge is 0.474 e. The van der Waals surface area contributed by atoms with Gasteiger partial charge in [-0.1, -0.05) is 6.92 Å². The molecule has 0 bridgehead atoms. The minimum Gasteiger partial charge on any atom is -0.474 e. The van der Waals surface area contributed by atoms with Crippen molar-refractivity contribution in [1.82, 2.24) is 15.0 Å². The van der Waals surface area contributed by atoms with E-state index in [0.29, 0.717) is 47.0 Å². The number of cyclic esters (lactones) is 1. The lowest BCUT2D eigenvalue weighted by Gasteiger charge is -2.36. The Balaban J connectivity index is 1.50. The van der Waals surface area contributed by atoms with Crippen LogP contribution in [0.5, 0.6) is 5.88 Å². The molecule has 1 saturated carbocycles. The Morgan fingerprint density at radius 1 is 1.18 bits per heavy atom. The second-order valence-electron chi connectivity index (χ2n) is 11.6. The van der Waals surface area contributed by atoms with Crippen LogP contribution in [-0.2, 0) is 24.8 Å². The Morgan fingerprint density at radius 3 is 2.58 bits per heavy atom. The van der Waals surface area contributed by atoms with E-state index < -0.39 is 26.2 Å². The average molecular weight is 570 g/mol. The molecular weight excluding hydrogens is 534 g/mol. The number of anilines is 2. The first-order chi connectivity index (χ1) is 18.7. The summed E-state index contributed by atoms with van der Waals surface area (Å²) >= 11 is 0. The molecule has 3 aromatic heterocycles. The van der Waals surface area contributed by atoms with Gasteiger partial charge in [0.25, 0.3) is 0 Å². The molecule has 0 amide bonds. The third kappa shape index (κ3) is 5.23. The molecule has 40 heavy (non-hydrogen) atoms. The van der Waals surface area contributed by atoms with Gasteiger partial charge in [0.05, 0.1) is 34.0 Å². The predicted octanol–water partition coefficient (Wildman–Crippen LogP) is 3.60. The fourth-order valence-electron chi connectivity index (χ4n) is 5.12. The van der Waals surface area contributed by atoms with E-state index in [1.807, 2.05) is 33.8 Å². The summed E-state index contributed by atoms with van der Waals surface area (Å²) in [4.78, 5) is 26.3. The molecule has 2 atom stereocenters. The topological polar surface area (TPSA) is 156 Å². The van der Waals surface area contributed by atoms with Crippen LogP contribution < -0.4 is 15.8 Å². The van der Waals surface area contributed by atoms with Crippen LogP contribution in [0.1, 0.15) is 68.1 Å². The number of carbonyl (C=O) groups excluding carboxylic acids is 1. The quantitative estimate of drug-likeness (QED) is 0.382. The number of sulfone groups is 1. The molecule has 214 valence electrons. The van der Waals surface area contributed by atoms with Crippen molar-refractivity contribution in [2.75, 3.05) is 25.3 Å². The molecule has 12 heteroatoms.